The van der Waals surface area contributed by atoms with Gasteiger partial charge in [-0.1, -0.05) is 35.9 Å². The molecule has 2 atom stereocenters. The van der Waals surface area contributed by atoms with E-state index in [0.717, 1.165) is 0 Å². The number of halogens is 2. The Morgan fingerprint density at radius 1 is 1.17 bits per heavy atom. The van der Waals surface area contributed by atoms with Crippen LogP contribution in [0.25, 0.3) is 0 Å². The predicted molar refractivity (Wildman–Crippen MR) is 128 cm³/mol. The van der Waals surface area contributed by atoms with Gasteiger partial charge in [0.05, 0.1) is 17.8 Å². The highest BCUT2D eigenvalue weighted by Crippen LogP contribution is 2.50. The molecule has 1 aliphatic carbocycles. The van der Waals surface area contributed by atoms with Gasteiger partial charge >= 0.3 is 0 Å². The van der Waals surface area contributed by atoms with Crippen molar-refractivity contribution in [3.05, 3.63) is 99.3 Å². The second-order valence-corrected chi connectivity index (χ2v) is 9.46. The topological polar surface area (TPSA) is 112 Å². The number of benzene rings is 2. The summed E-state index contributed by atoms with van der Waals surface area (Å²) in [4.78, 5) is 30.3. The van der Waals surface area contributed by atoms with Gasteiger partial charge < -0.3 is 9.84 Å². The summed E-state index contributed by atoms with van der Waals surface area (Å²) in [6.45, 7) is 1.37. The number of hydrogen-bond acceptors (Lipinski definition) is 7. The summed E-state index contributed by atoms with van der Waals surface area (Å²) >= 11 is 6.03. The van der Waals surface area contributed by atoms with Gasteiger partial charge in [-0.25, -0.2) is 9.71 Å². The zero-order valence-corrected chi connectivity index (χ0v) is 19.9. The summed E-state index contributed by atoms with van der Waals surface area (Å²) in [6.07, 6.45) is 0.701. The van der Waals surface area contributed by atoms with E-state index >= 15 is 4.39 Å². The van der Waals surface area contributed by atoms with Crippen LogP contribution in [0.2, 0.25) is 5.02 Å². The summed E-state index contributed by atoms with van der Waals surface area (Å²) in [6, 6.07) is 15.3. The standard InChI is InChI=1S/C27H21ClFN3O4/c1-15(33)17-3-8-22-23(10-17)26(29,18-4-6-19(28)7-5-18)32-27(22,36-21-11-20(34)12-21)25(35)24-9-2-16(13-30)14-31-24/h2-10,14,20-21,32,34H,11-12H2,1H3. The third-order valence-corrected chi connectivity index (χ3v) is 6.88. The number of nitrogens with zero attached hydrogens (tertiary/aromatic N) is 2. The molecule has 3 aromatic rings. The Morgan fingerprint density at radius 3 is 2.47 bits per heavy atom. The maximum Gasteiger partial charge on any atom is 0.232 e. The van der Waals surface area contributed by atoms with E-state index in [4.69, 9.17) is 21.6 Å². The molecule has 9 heteroatoms. The van der Waals surface area contributed by atoms with E-state index in [1.165, 1.54) is 67.7 Å². The van der Waals surface area contributed by atoms with Gasteiger partial charge in [0.15, 0.2) is 5.78 Å². The highest BCUT2D eigenvalue weighted by atomic mass is 35.5. The number of ketones is 2. The van der Waals surface area contributed by atoms with Crippen molar-refractivity contribution < 1.29 is 23.8 Å². The average molecular weight is 506 g/mol. The number of rotatable bonds is 6. The number of fused-ring (bicyclic) bond motifs is 1. The maximum atomic E-state index is 17.1. The molecule has 2 N–H and O–H groups in total. The van der Waals surface area contributed by atoms with Gasteiger partial charge in [0.1, 0.15) is 11.8 Å². The first-order valence-electron chi connectivity index (χ1n) is 11.3. The molecule has 0 radical (unpaired) electrons. The molecule has 0 bridgehead atoms. The van der Waals surface area contributed by atoms with Crippen LogP contribution in [-0.4, -0.2) is 33.9 Å². The molecule has 1 aromatic heterocycles. The summed E-state index contributed by atoms with van der Waals surface area (Å²) in [5.74, 6) is -3.36. The van der Waals surface area contributed by atoms with Crippen LogP contribution >= 0.6 is 11.6 Å². The Kier molecular flexibility index (Phi) is 5.97. The van der Waals surface area contributed by atoms with Crippen LogP contribution in [0.3, 0.4) is 0 Å². The van der Waals surface area contributed by atoms with Crippen molar-refractivity contribution >= 4 is 23.2 Å². The van der Waals surface area contributed by atoms with E-state index < -0.39 is 29.5 Å². The fourth-order valence-corrected chi connectivity index (χ4v) is 4.75. The molecule has 1 fully saturated rings. The van der Waals surface area contributed by atoms with Crippen molar-refractivity contribution in [2.45, 2.75) is 43.5 Å². The largest absolute Gasteiger partial charge is 0.393 e. The molecule has 36 heavy (non-hydrogen) atoms. The Labute approximate surface area is 211 Å². The molecule has 182 valence electrons. The Morgan fingerprint density at radius 2 is 1.89 bits per heavy atom. The van der Waals surface area contributed by atoms with Crippen molar-refractivity contribution in [2.24, 2.45) is 0 Å². The van der Waals surface area contributed by atoms with Crippen molar-refractivity contribution in [1.82, 2.24) is 10.3 Å². The molecule has 2 aromatic carbocycles. The number of alkyl halides is 1. The number of carbonyl (C=O) groups excluding carboxylic acids is 2. The van der Waals surface area contributed by atoms with Crippen molar-refractivity contribution in [1.29, 1.82) is 5.26 Å². The quantitative estimate of drug-likeness (QED) is 0.382. The van der Waals surface area contributed by atoms with Crippen LogP contribution in [-0.2, 0) is 16.3 Å². The molecule has 0 saturated heterocycles. The lowest BCUT2D eigenvalue weighted by Crippen LogP contribution is -2.56. The number of nitriles is 1. The van der Waals surface area contributed by atoms with Gasteiger partial charge in [0.2, 0.25) is 17.3 Å². The summed E-state index contributed by atoms with van der Waals surface area (Å²) < 4.78 is 23.4. The molecule has 1 aliphatic heterocycles. The number of aromatic nitrogens is 1. The fraction of sp³-hybridized carbons (Fsp3) is 0.259. The molecule has 1 saturated carbocycles. The second kappa shape index (κ2) is 8.87. The van der Waals surface area contributed by atoms with Crippen LogP contribution in [0, 0.1) is 11.3 Å². The first-order valence-corrected chi connectivity index (χ1v) is 11.7. The number of nitrogens with one attached hydrogen (secondary N) is 1. The Hall–Kier alpha value is -3.48. The van der Waals surface area contributed by atoms with Gasteiger partial charge in [-0.2, -0.15) is 5.26 Å². The lowest BCUT2D eigenvalue weighted by Gasteiger charge is -2.40. The smallest absolute Gasteiger partial charge is 0.232 e. The molecular weight excluding hydrogens is 485 g/mol. The van der Waals surface area contributed by atoms with E-state index in [0.29, 0.717) is 5.02 Å². The summed E-state index contributed by atoms with van der Waals surface area (Å²) in [5, 5.41) is 22.2. The molecule has 0 spiro atoms. The van der Waals surface area contributed by atoms with E-state index in [-0.39, 0.29) is 52.1 Å². The van der Waals surface area contributed by atoms with E-state index in [1.807, 2.05) is 6.07 Å². The van der Waals surface area contributed by atoms with Gasteiger partial charge in [-0.05, 0) is 50.1 Å². The van der Waals surface area contributed by atoms with Crippen molar-refractivity contribution in [2.75, 3.05) is 0 Å². The highest BCUT2D eigenvalue weighted by Gasteiger charge is 2.60. The third kappa shape index (κ3) is 3.91. The molecule has 2 unspecified atom stereocenters. The van der Waals surface area contributed by atoms with E-state index in [1.54, 1.807) is 0 Å². The number of aliphatic hydroxyl groups excluding tert-OH is 1. The number of hydrogen-bond donors (Lipinski definition) is 2. The van der Waals surface area contributed by atoms with Crippen LogP contribution in [0.1, 0.15) is 62.9 Å². The van der Waals surface area contributed by atoms with E-state index in [2.05, 4.69) is 10.3 Å². The van der Waals surface area contributed by atoms with Crippen molar-refractivity contribution in [3.8, 4) is 6.07 Å². The van der Waals surface area contributed by atoms with Crippen LogP contribution in [0.15, 0.2) is 60.8 Å². The molecule has 7 nitrogen and oxygen atoms in total. The SMILES string of the molecule is CC(=O)c1ccc2c(c1)C(F)(c1ccc(Cl)cc1)NC2(OC1CC(O)C1)C(=O)c1ccc(C#N)cn1. The lowest BCUT2D eigenvalue weighted by molar-refractivity contribution is -0.158. The molecule has 5 rings (SSSR count). The van der Waals surface area contributed by atoms with Crippen LogP contribution in [0.4, 0.5) is 4.39 Å². The molecular formula is C27H21ClFN3O4. The lowest BCUT2D eigenvalue weighted by atomic mass is 9.88. The monoisotopic (exact) mass is 505 g/mol. The molecule has 0 amide bonds. The van der Waals surface area contributed by atoms with E-state index in [9.17, 15) is 14.7 Å². The highest BCUT2D eigenvalue weighted by molar-refractivity contribution is 6.30. The number of pyridine rings is 1. The van der Waals surface area contributed by atoms with Crippen LogP contribution < -0.4 is 5.32 Å². The maximum absolute atomic E-state index is 17.1. The fourth-order valence-electron chi connectivity index (χ4n) is 4.62. The Bertz CT molecular complexity index is 1400. The van der Waals surface area contributed by atoms with Crippen LogP contribution in [0.5, 0.6) is 0 Å². The molecule has 2 aliphatic rings. The van der Waals surface area contributed by atoms with Gasteiger partial charge in [0.25, 0.3) is 0 Å². The zero-order valence-electron chi connectivity index (χ0n) is 19.2. The predicted octanol–water partition coefficient (Wildman–Crippen LogP) is 4.16. The summed E-state index contributed by atoms with van der Waals surface area (Å²) in [5.41, 5.74) is -1.11. The zero-order chi connectivity index (χ0) is 25.7. The first-order chi connectivity index (χ1) is 17.2. The number of ether oxygens (including phenoxy) is 1. The minimum absolute atomic E-state index is 0.0386. The minimum atomic E-state index is -2.42. The minimum Gasteiger partial charge on any atom is -0.393 e. The summed E-state index contributed by atoms with van der Waals surface area (Å²) in [7, 11) is 0. The van der Waals surface area contributed by atoms with Gasteiger partial charge in [-0.15, -0.1) is 0 Å². The van der Waals surface area contributed by atoms with Gasteiger partial charge in [0, 0.05) is 33.5 Å². The van der Waals surface area contributed by atoms with Gasteiger partial charge in [-0.3, -0.25) is 14.6 Å². The Balaban J connectivity index is 1.71. The second-order valence-electron chi connectivity index (χ2n) is 9.03. The van der Waals surface area contributed by atoms with Crippen molar-refractivity contribution in [3.63, 3.8) is 0 Å². The number of aliphatic hydroxyl groups is 1. The number of carbonyl (C=O) groups is 2. The third-order valence-electron chi connectivity index (χ3n) is 6.63. The average Bonchev–Trinajstić information content (AvgIpc) is 3.12. The normalized spacial score (nSPS) is 26.5. The number of Topliss-reactive ketones (excluding diaryl/α,β-unsaturated/α-hetero) is 2. The first kappa shape index (κ1) is 24.2. The molecule has 2 heterocycles.